The number of anilines is 1. The predicted molar refractivity (Wildman–Crippen MR) is 99.2 cm³/mol. The summed E-state index contributed by atoms with van der Waals surface area (Å²) < 4.78 is 41.2. The van der Waals surface area contributed by atoms with Crippen LogP contribution >= 0.6 is 0 Å². The van der Waals surface area contributed by atoms with Crippen LogP contribution < -0.4 is 10.2 Å². The zero-order valence-corrected chi connectivity index (χ0v) is 15.3. The number of piperazine rings is 1. The maximum Gasteiger partial charge on any atom is 0.246 e. The smallest absolute Gasteiger partial charge is 0.246 e. The summed E-state index contributed by atoms with van der Waals surface area (Å²) in [6.45, 7) is 4.47. The Morgan fingerprint density at radius 1 is 0.962 bits per heavy atom. The molecule has 2 heterocycles. The number of nitrogens with one attached hydrogen (secondary N) is 1. The second-order valence-electron chi connectivity index (χ2n) is 6.67. The van der Waals surface area contributed by atoms with Crippen LogP contribution in [-0.4, -0.2) is 45.4 Å². The molecule has 0 aromatic heterocycles. The number of nitrogens with zero attached hydrogens (tertiary/aromatic N) is 2. The number of benzene rings is 2. The van der Waals surface area contributed by atoms with E-state index in [1.807, 2.05) is 12.1 Å². The van der Waals surface area contributed by atoms with Crippen molar-refractivity contribution in [1.29, 1.82) is 0 Å². The molecule has 4 rings (SSSR count). The summed E-state index contributed by atoms with van der Waals surface area (Å²) in [5, 5.41) is 3.35. The van der Waals surface area contributed by atoms with Crippen LogP contribution in [0.15, 0.2) is 47.4 Å². The number of hydrogen-bond donors (Lipinski definition) is 1. The van der Waals surface area contributed by atoms with Gasteiger partial charge < -0.3 is 10.2 Å². The highest BCUT2D eigenvalue weighted by Gasteiger charge is 2.31. The number of rotatable bonds is 3. The van der Waals surface area contributed by atoms with Crippen LogP contribution in [0, 0.1) is 5.82 Å². The summed E-state index contributed by atoms with van der Waals surface area (Å²) in [5.74, 6) is -0.701. The lowest BCUT2D eigenvalue weighted by Crippen LogP contribution is -2.44. The Morgan fingerprint density at radius 3 is 2.50 bits per heavy atom. The minimum atomic E-state index is -3.84. The van der Waals surface area contributed by atoms with E-state index < -0.39 is 15.8 Å². The van der Waals surface area contributed by atoms with Gasteiger partial charge >= 0.3 is 0 Å². The molecule has 0 atom stereocenters. The van der Waals surface area contributed by atoms with Gasteiger partial charge in [-0.25, -0.2) is 12.8 Å². The molecule has 5 nitrogen and oxygen atoms in total. The third kappa shape index (κ3) is 3.11. The van der Waals surface area contributed by atoms with Gasteiger partial charge in [0.2, 0.25) is 10.0 Å². The molecule has 1 fully saturated rings. The fraction of sp³-hybridized carbons (Fsp3) is 0.368. The average Bonchev–Trinajstić information content (AvgIpc) is 2.68. The number of halogens is 1. The van der Waals surface area contributed by atoms with Gasteiger partial charge in [0.25, 0.3) is 0 Å². The maximum atomic E-state index is 14.0. The van der Waals surface area contributed by atoms with E-state index in [0.717, 1.165) is 31.7 Å². The molecule has 2 aliphatic heterocycles. The van der Waals surface area contributed by atoms with Gasteiger partial charge in [0.15, 0.2) is 0 Å². The lowest BCUT2D eigenvalue weighted by atomic mass is 9.98. The molecule has 2 aromatic carbocycles. The minimum Gasteiger partial charge on any atom is -0.369 e. The molecular formula is C19H22FN3O2S. The van der Waals surface area contributed by atoms with E-state index in [9.17, 15) is 12.8 Å². The van der Waals surface area contributed by atoms with Crippen molar-refractivity contribution in [2.45, 2.75) is 17.9 Å². The molecule has 2 aliphatic rings. The third-order valence-corrected chi connectivity index (χ3v) is 7.00. The molecule has 0 aliphatic carbocycles. The lowest BCUT2D eigenvalue weighted by molar-refractivity contribution is 0.388. The number of sulfonamides is 1. The van der Waals surface area contributed by atoms with Crippen molar-refractivity contribution in [3.8, 4) is 0 Å². The Bertz CT molecular complexity index is 911. The Hall–Kier alpha value is -1.96. The summed E-state index contributed by atoms with van der Waals surface area (Å²) >= 11 is 0. The summed E-state index contributed by atoms with van der Waals surface area (Å²) in [6, 6.07) is 11.6. The van der Waals surface area contributed by atoms with Gasteiger partial charge in [-0.3, -0.25) is 0 Å². The molecule has 1 N–H and O–H groups in total. The average molecular weight is 375 g/mol. The van der Waals surface area contributed by atoms with E-state index in [1.54, 1.807) is 6.07 Å². The Kier molecular flexibility index (Phi) is 4.69. The highest BCUT2D eigenvalue weighted by molar-refractivity contribution is 7.89. The second kappa shape index (κ2) is 6.98. The fourth-order valence-electron chi connectivity index (χ4n) is 3.76. The first-order chi connectivity index (χ1) is 12.6. The topological polar surface area (TPSA) is 52.7 Å². The van der Waals surface area contributed by atoms with Gasteiger partial charge in [-0.1, -0.05) is 24.3 Å². The molecule has 26 heavy (non-hydrogen) atoms. The number of fused-ring (bicyclic) bond motifs is 1. The summed E-state index contributed by atoms with van der Waals surface area (Å²) in [5.41, 5.74) is 3.42. The van der Waals surface area contributed by atoms with E-state index in [1.165, 1.54) is 33.8 Å². The van der Waals surface area contributed by atoms with Crippen LogP contribution in [0.4, 0.5) is 10.1 Å². The van der Waals surface area contributed by atoms with Crippen LogP contribution in [-0.2, 0) is 23.0 Å². The molecule has 138 valence electrons. The molecule has 0 saturated carbocycles. The van der Waals surface area contributed by atoms with Crippen molar-refractivity contribution < 1.29 is 12.8 Å². The molecule has 0 spiro atoms. The molecule has 0 unspecified atom stereocenters. The van der Waals surface area contributed by atoms with Gasteiger partial charge in [0, 0.05) is 45.0 Å². The van der Waals surface area contributed by atoms with Gasteiger partial charge in [-0.2, -0.15) is 4.31 Å². The van der Waals surface area contributed by atoms with Crippen molar-refractivity contribution in [3.63, 3.8) is 0 Å². The molecule has 0 amide bonds. The highest BCUT2D eigenvalue weighted by atomic mass is 32.2. The van der Waals surface area contributed by atoms with Crippen molar-refractivity contribution >= 4 is 15.7 Å². The first kappa shape index (κ1) is 17.5. The van der Waals surface area contributed by atoms with E-state index in [2.05, 4.69) is 16.3 Å². The normalized spacial score (nSPS) is 18.6. The van der Waals surface area contributed by atoms with Crippen LogP contribution in [0.1, 0.15) is 11.1 Å². The van der Waals surface area contributed by atoms with Crippen molar-refractivity contribution in [2.24, 2.45) is 0 Å². The Morgan fingerprint density at radius 2 is 1.73 bits per heavy atom. The lowest BCUT2D eigenvalue weighted by Gasteiger charge is -2.35. The first-order valence-corrected chi connectivity index (χ1v) is 10.3. The summed E-state index contributed by atoms with van der Waals surface area (Å²) in [4.78, 5) is 2.11. The second-order valence-corrected chi connectivity index (χ2v) is 8.58. The highest BCUT2D eigenvalue weighted by Crippen LogP contribution is 2.32. The number of hydrogen-bond acceptors (Lipinski definition) is 4. The van der Waals surface area contributed by atoms with Crippen molar-refractivity contribution in [2.75, 3.05) is 37.6 Å². The zero-order valence-electron chi connectivity index (χ0n) is 14.5. The molecule has 0 radical (unpaired) electrons. The third-order valence-electron chi connectivity index (χ3n) is 5.12. The molecule has 1 saturated heterocycles. The molecule has 2 aromatic rings. The van der Waals surface area contributed by atoms with E-state index >= 15 is 0 Å². The Balaban J connectivity index is 1.63. The van der Waals surface area contributed by atoms with Gasteiger partial charge in [0.1, 0.15) is 10.7 Å². The van der Waals surface area contributed by atoms with Crippen LogP contribution in [0.5, 0.6) is 0 Å². The predicted octanol–water partition coefficient (Wildman–Crippen LogP) is 1.98. The van der Waals surface area contributed by atoms with Crippen molar-refractivity contribution in [3.05, 3.63) is 59.4 Å². The maximum absolute atomic E-state index is 14.0. The van der Waals surface area contributed by atoms with Gasteiger partial charge in [-0.05, 0) is 35.7 Å². The van der Waals surface area contributed by atoms with Crippen LogP contribution in [0.2, 0.25) is 0 Å². The van der Waals surface area contributed by atoms with Gasteiger partial charge in [0.05, 0.1) is 0 Å². The summed E-state index contributed by atoms with van der Waals surface area (Å²) in [6.07, 6.45) is 0.642. The largest absolute Gasteiger partial charge is 0.369 e. The minimum absolute atomic E-state index is 0.248. The summed E-state index contributed by atoms with van der Waals surface area (Å²) in [7, 11) is -3.84. The SMILES string of the molecule is O=S(=O)(c1ccccc1F)N1CCc2c(cccc2N2CCNCC2)C1. The van der Waals surface area contributed by atoms with E-state index in [4.69, 9.17) is 0 Å². The molecule has 7 heteroatoms. The zero-order chi connectivity index (χ0) is 18.1. The first-order valence-electron chi connectivity index (χ1n) is 8.88. The van der Waals surface area contributed by atoms with Crippen LogP contribution in [0.3, 0.4) is 0 Å². The Labute approximate surface area is 153 Å². The molecule has 0 bridgehead atoms. The van der Waals surface area contributed by atoms with Crippen molar-refractivity contribution in [1.82, 2.24) is 9.62 Å². The van der Waals surface area contributed by atoms with E-state index in [0.29, 0.717) is 13.0 Å². The molecular weight excluding hydrogens is 353 g/mol. The van der Waals surface area contributed by atoms with Gasteiger partial charge in [-0.15, -0.1) is 0 Å². The van der Waals surface area contributed by atoms with E-state index in [-0.39, 0.29) is 11.4 Å². The standard InChI is InChI=1S/C19H22FN3O2S/c20-17-5-1-2-7-19(17)26(24,25)23-11-8-16-15(14-23)4-3-6-18(16)22-12-9-21-10-13-22/h1-7,21H,8-14H2. The fourth-order valence-corrected chi connectivity index (χ4v) is 5.25. The monoisotopic (exact) mass is 375 g/mol. The quantitative estimate of drug-likeness (QED) is 0.891. The van der Waals surface area contributed by atoms with Crippen LogP contribution in [0.25, 0.3) is 0 Å².